The van der Waals surface area contributed by atoms with Gasteiger partial charge in [-0.05, 0) is 38.2 Å². The van der Waals surface area contributed by atoms with Crippen LogP contribution >= 0.6 is 12.2 Å². The lowest BCUT2D eigenvalue weighted by atomic mass is 10.2. The summed E-state index contributed by atoms with van der Waals surface area (Å²) in [6.45, 7) is 4.81. The minimum absolute atomic E-state index is 0.649. The Hall–Kier alpha value is -1.49. The second-order valence-corrected chi connectivity index (χ2v) is 3.62. The van der Waals surface area contributed by atoms with E-state index in [1.165, 1.54) is 0 Å². The van der Waals surface area contributed by atoms with Crippen LogP contribution in [0.25, 0.3) is 11.4 Å². The van der Waals surface area contributed by atoms with Crippen LogP contribution in [-0.2, 0) is 6.54 Å². The zero-order chi connectivity index (χ0) is 10.8. The number of hydrogen-bond acceptors (Lipinski definition) is 3. The molecular formula is C10H12N4S. The Labute approximate surface area is 93.0 Å². The predicted octanol–water partition coefficient (Wildman–Crippen LogP) is 2.33. The van der Waals surface area contributed by atoms with Crippen LogP contribution in [0.3, 0.4) is 0 Å². The first kappa shape index (κ1) is 10.0. The van der Waals surface area contributed by atoms with Gasteiger partial charge < -0.3 is 4.57 Å². The van der Waals surface area contributed by atoms with Gasteiger partial charge in [0.2, 0.25) is 0 Å². The van der Waals surface area contributed by atoms with E-state index >= 15 is 0 Å². The number of rotatable bonds is 2. The predicted molar refractivity (Wildman–Crippen MR) is 61.1 cm³/mol. The van der Waals surface area contributed by atoms with Crippen LogP contribution in [0.2, 0.25) is 0 Å². The second-order valence-electron chi connectivity index (χ2n) is 3.23. The average molecular weight is 220 g/mol. The molecule has 78 valence electrons. The van der Waals surface area contributed by atoms with Gasteiger partial charge in [-0.2, -0.15) is 5.10 Å². The largest absolute Gasteiger partial charge is 0.300 e. The van der Waals surface area contributed by atoms with Crippen LogP contribution < -0.4 is 0 Å². The summed E-state index contributed by atoms with van der Waals surface area (Å²) in [4.78, 5) is 4.24. The molecular weight excluding hydrogens is 208 g/mol. The van der Waals surface area contributed by atoms with E-state index in [2.05, 4.69) is 15.2 Å². The number of nitrogens with zero attached hydrogens (tertiary/aromatic N) is 3. The summed E-state index contributed by atoms with van der Waals surface area (Å²) < 4.78 is 2.61. The number of aromatic amines is 1. The van der Waals surface area contributed by atoms with E-state index < -0.39 is 0 Å². The third-order valence-electron chi connectivity index (χ3n) is 2.32. The molecule has 0 aliphatic carbocycles. The van der Waals surface area contributed by atoms with Gasteiger partial charge in [-0.15, -0.1) is 0 Å². The van der Waals surface area contributed by atoms with E-state index in [4.69, 9.17) is 12.2 Å². The van der Waals surface area contributed by atoms with Crippen molar-refractivity contribution in [3.05, 3.63) is 28.8 Å². The fourth-order valence-electron chi connectivity index (χ4n) is 1.54. The lowest BCUT2D eigenvalue weighted by Crippen LogP contribution is -1.99. The van der Waals surface area contributed by atoms with E-state index in [9.17, 15) is 0 Å². The molecule has 1 N–H and O–H groups in total. The zero-order valence-corrected chi connectivity index (χ0v) is 9.51. The maximum Gasteiger partial charge on any atom is 0.195 e. The highest BCUT2D eigenvalue weighted by Crippen LogP contribution is 2.19. The number of hydrogen-bond donors (Lipinski definition) is 1. The summed E-state index contributed by atoms with van der Waals surface area (Å²) in [5.74, 6) is 0.855. The number of aromatic nitrogens is 4. The van der Waals surface area contributed by atoms with Gasteiger partial charge in [0.1, 0.15) is 0 Å². The first-order valence-electron chi connectivity index (χ1n) is 4.81. The highest BCUT2D eigenvalue weighted by Gasteiger charge is 2.09. The molecule has 2 aromatic rings. The standard InChI is InChI=1S/C10H12N4S/c1-3-14-9(12-13-10(14)15)8-5-4-6-11-7(8)2/h4-6H,3H2,1-2H3,(H,13,15). The van der Waals surface area contributed by atoms with Crippen molar-refractivity contribution in [2.75, 3.05) is 0 Å². The Balaban J connectivity index is 2.64. The molecule has 2 heterocycles. The monoisotopic (exact) mass is 220 g/mol. The molecule has 0 aliphatic heterocycles. The maximum absolute atomic E-state index is 5.14. The van der Waals surface area contributed by atoms with Gasteiger partial charge in [0.05, 0.1) is 0 Å². The van der Waals surface area contributed by atoms with Crippen molar-refractivity contribution in [3.8, 4) is 11.4 Å². The number of H-pyrrole nitrogens is 1. The smallest absolute Gasteiger partial charge is 0.195 e. The summed E-state index contributed by atoms with van der Waals surface area (Å²) in [7, 11) is 0. The number of nitrogens with one attached hydrogen (secondary N) is 1. The second kappa shape index (κ2) is 3.94. The lowest BCUT2D eigenvalue weighted by molar-refractivity contribution is 0.754. The van der Waals surface area contributed by atoms with Gasteiger partial charge >= 0.3 is 0 Å². The lowest BCUT2D eigenvalue weighted by Gasteiger charge is -2.05. The Morgan fingerprint density at radius 3 is 3.00 bits per heavy atom. The molecule has 0 aromatic carbocycles. The summed E-state index contributed by atoms with van der Waals surface area (Å²) in [6.07, 6.45) is 1.77. The highest BCUT2D eigenvalue weighted by atomic mass is 32.1. The Bertz CT molecular complexity index is 526. The molecule has 2 aromatic heterocycles. The molecule has 0 radical (unpaired) electrons. The van der Waals surface area contributed by atoms with Crippen molar-refractivity contribution in [3.63, 3.8) is 0 Å². The highest BCUT2D eigenvalue weighted by molar-refractivity contribution is 7.71. The summed E-state index contributed by atoms with van der Waals surface area (Å²) in [6, 6.07) is 3.90. The first-order valence-corrected chi connectivity index (χ1v) is 5.22. The van der Waals surface area contributed by atoms with Crippen LogP contribution in [0.1, 0.15) is 12.6 Å². The number of pyridine rings is 1. The normalized spacial score (nSPS) is 10.5. The summed E-state index contributed by atoms with van der Waals surface area (Å²) >= 11 is 5.14. The quantitative estimate of drug-likeness (QED) is 0.790. The molecule has 0 amide bonds. The fourth-order valence-corrected chi connectivity index (χ4v) is 1.80. The molecule has 15 heavy (non-hydrogen) atoms. The zero-order valence-electron chi connectivity index (χ0n) is 8.69. The molecule has 0 bridgehead atoms. The SMILES string of the molecule is CCn1c(-c2cccnc2C)n[nH]c1=S. The van der Waals surface area contributed by atoms with Crippen LogP contribution in [0.4, 0.5) is 0 Å². The van der Waals surface area contributed by atoms with Gasteiger partial charge in [0, 0.05) is 24.0 Å². The van der Waals surface area contributed by atoms with Gasteiger partial charge in [-0.3, -0.25) is 10.1 Å². The Morgan fingerprint density at radius 2 is 2.33 bits per heavy atom. The maximum atomic E-state index is 5.14. The summed E-state index contributed by atoms with van der Waals surface area (Å²) in [5, 5.41) is 7.03. The molecule has 0 atom stereocenters. The van der Waals surface area contributed by atoms with E-state index in [1.807, 2.05) is 30.5 Å². The van der Waals surface area contributed by atoms with Gasteiger partial charge in [0.15, 0.2) is 10.6 Å². The topological polar surface area (TPSA) is 46.5 Å². The van der Waals surface area contributed by atoms with Crippen molar-refractivity contribution >= 4 is 12.2 Å². The van der Waals surface area contributed by atoms with Crippen LogP contribution in [0.5, 0.6) is 0 Å². The molecule has 0 spiro atoms. The van der Waals surface area contributed by atoms with Crippen molar-refractivity contribution in [1.29, 1.82) is 0 Å². The summed E-state index contributed by atoms with van der Waals surface area (Å²) in [5.41, 5.74) is 1.98. The minimum Gasteiger partial charge on any atom is -0.300 e. The molecule has 4 nitrogen and oxygen atoms in total. The van der Waals surface area contributed by atoms with Gasteiger partial charge in [-0.25, -0.2) is 0 Å². The molecule has 0 fully saturated rings. The molecule has 0 aliphatic rings. The average Bonchev–Trinajstić information content (AvgIpc) is 2.60. The Kier molecular flexibility index (Phi) is 2.64. The molecule has 0 unspecified atom stereocenters. The fraction of sp³-hybridized carbons (Fsp3) is 0.300. The Morgan fingerprint density at radius 1 is 1.53 bits per heavy atom. The molecule has 5 heteroatoms. The first-order chi connectivity index (χ1) is 7.24. The van der Waals surface area contributed by atoms with Crippen molar-refractivity contribution < 1.29 is 0 Å². The van der Waals surface area contributed by atoms with E-state index in [1.54, 1.807) is 6.20 Å². The third-order valence-corrected chi connectivity index (χ3v) is 2.63. The number of aryl methyl sites for hydroxylation is 1. The van der Waals surface area contributed by atoms with Crippen LogP contribution in [-0.4, -0.2) is 19.7 Å². The van der Waals surface area contributed by atoms with Crippen LogP contribution in [0.15, 0.2) is 18.3 Å². The van der Waals surface area contributed by atoms with E-state index in [0.717, 1.165) is 23.6 Å². The molecule has 0 saturated heterocycles. The molecule has 2 rings (SSSR count). The van der Waals surface area contributed by atoms with Crippen molar-refractivity contribution in [2.45, 2.75) is 20.4 Å². The minimum atomic E-state index is 0.649. The van der Waals surface area contributed by atoms with E-state index in [0.29, 0.717) is 4.77 Å². The van der Waals surface area contributed by atoms with Crippen molar-refractivity contribution in [1.82, 2.24) is 19.7 Å². The molecule has 0 saturated carbocycles. The van der Waals surface area contributed by atoms with Gasteiger partial charge in [0.25, 0.3) is 0 Å². The van der Waals surface area contributed by atoms with Crippen LogP contribution in [0, 0.1) is 11.7 Å². The van der Waals surface area contributed by atoms with Gasteiger partial charge in [-0.1, -0.05) is 0 Å². The van der Waals surface area contributed by atoms with E-state index in [-0.39, 0.29) is 0 Å². The van der Waals surface area contributed by atoms with Crippen molar-refractivity contribution in [2.24, 2.45) is 0 Å². The third kappa shape index (κ3) is 1.70.